The predicted octanol–water partition coefficient (Wildman–Crippen LogP) is 1.87. The number of allylic oxidation sites excluding steroid dienone is 1. The SMILES string of the molecule is CC1(CO)C=C2CCCC(CO)(C2)C1. The smallest absolute Gasteiger partial charge is 0.0519 e. The molecule has 2 aliphatic carbocycles. The fourth-order valence-electron chi connectivity index (χ4n) is 3.32. The maximum Gasteiger partial charge on any atom is 0.0519 e. The van der Waals surface area contributed by atoms with Crippen LogP contribution in [-0.4, -0.2) is 23.4 Å². The van der Waals surface area contributed by atoms with Gasteiger partial charge in [0.25, 0.3) is 0 Å². The van der Waals surface area contributed by atoms with Gasteiger partial charge in [0.05, 0.1) is 6.61 Å². The van der Waals surface area contributed by atoms with E-state index < -0.39 is 0 Å². The molecule has 0 aliphatic heterocycles. The molecule has 14 heavy (non-hydrogen) atoms. The van der Waals surface area contributed by atoms with Gasteiger partial charge in [-0.2, -0.15) is 0 Å². The van der Waals surface area contributed by atoms with Gasteiger partial charge in [-0.25, -0.2) is 0 Å². The highest BCUT2D eigenvalue weighted by Crippen LogP contribution is 2.51. The van der Waals surface area contributed by atoms with Crippen molar-refractivity contribution in [3.8, 4) is 0 Å². The fraction of sp³-hybridized carbons (Fsp3) is 0.833. The molecule has 80 valence electrons. The molecule has 0 aromatic rings. The van der Waals surface area contributed by atoms with Crippen molar-refractivity contribution in [1.29, 1.82) is 0 Å². The van der Waals surface area contributed by atoms with E-state index in [0.717, 1.165) is 25.7 Å². The fourth-order valence-corrected chi connectivity index (χ4v) is 3.32. The molecule has 0 heterocycles. The van der Waals surface area contributed by atoms with Crippen LogP contribution in [0.25, 0.3) is 0 Å². The van der Waals surface area contributed by atoms with Crippen LogP contribution >= 0.6 is 0 Å². The molecule has 0 aromatic carbocycles. The summed E-state index contributed by atoms with van der Waals surface area (Å²) < 4.78 is 0. The summed E-state index contributed by atoms with van der Waals surface area (Å²) in [6.07, 6.45) is 7.73. The minimum Gasteiger partial charge on any atom is -0.396 e. The third kappa shape index (κ3) is 1.61. The van der Waals surface area contributed by atoms with Gasteiger partial charge >= 0.3 is 0 Å². The molecule has 0 radical (unpaired) electrons. The molecule has 0 saturated heterocycles. The van der Waals surface area contributed by atoms with Crippen LogP contribution in [0.5, 0.6) is 0 Å². The van der Waals surface area contributed by atoms with E-state index >= 15 is 0 Å². The highest BCUT2D eigenvalue weighted by Gasteiger charge is 2.43. The lowest BCUT2D eigenvalue weighted by Gasteiger charge is -2.47. The van der Waals surface area contributed by atoms with Crippen molar-refractivity contribution in [1.82, 2.24) is 0 Å². The number of fused-ring (bicyclic) bond motifs is 2. The topological polar surface area (TPSA) is 40.5 Å². The van der Waals surface area contributed by atoms with Gasteiger partial charge in [0.2, 0.25) is 0 Å². The Kier molecular flexibility index (Phi) is 2.44. The molecule has 2 bridgehead atoms. The van der Waals surface area contributed by atoms with Gasteiger partial charge < -0.3 is 10.2 Å². The zero-order valence-electron chi connectivity index (χ0n) is 8.92. The van der Waals surface area contributed by atoms with Crippen LogP contribution < -0.4 is 0 Å². The second kappa shape index (κ2) is 3.35. The molecule has 2 heteroatoms. The first-order valence-electron chi connectivity index (χ1n) is 5.54. The molecule has 2 nitrogen and oxygen atoms in total. The number of hydrogen-bond acceptors (Lipinski definition) is 2. The maximum absolute atomic E-state index is 9.51. The summed E-state index contributed by atoms with van der Waals surface area (Å²) in [4.78, 5) is 0. The van der Waals surface area contributed by atoms with Crippen molar-refractivity contribution in [3.63, 3.8) is 0 Å². The minimum absolute atomic E-state index is 0.0831. The van der Waals surface area contributed by atoms with E-state index in [1.54, 1.807) is 0 Å². The van der Waals surface area contributed by atoms with Gasteiger partial charge in [-0.15, -0.1) is 0 Å². The monoisotopic (exact) mass is 196 g/mol. The summed E-state index contributed by atoms with van der Waals surface area (Å²) in [6, 6.07) is 0. The summed E-state index contributed by atoms with van der Waals surface area (Å²) in [5.74, 6) is 0. The van der Waals surface area contributed by atoms with Gasteiger partial charge in [0.15, 0.2) is 0 Å². The lowest BCUT2D eigenvalue weighted by molar-refractivity contribution is 0.0261. The van der Waals surface area contributed by atoms with E-state index in [4.69, 9.17) is 0 Å². The first-order valence-corrected chi connectivity index (χ1v) is 5.54. The molecule has 2 rings (SSSR count). The lowest BCUT2D eigenvalue weighted by atomic mass is 9.59. The summed E-state index contributed by atoms with van der Waals surface area (Å²) in [6.45, 7) is 2.58. The van der Waals surface area contributed by atoms with Gasteiger partial charge in [-0.05, 0) is 37.5 Å². The first-order chi connectivity index (χ1) is 6.61. The van der Waals surface area contributed by atoms with E-state index in [1.165, 1.54) is 12.0 Å². The van der Waals surface area contributed by atoms with Gasteiger partial charge in [0, 0.05) is 12.0 Å². The summed E-state index contributed by atoms with van der Waals surface area (Å²) in [7, 11) is 0. The van der Waals surface area contributed by atoms with Crippen molar-refractivity contribution < 1.29 is 10.2 Å². The van der Waals surface area contributed by atoms with Crippen molar-refractivity contribution in [2.75, 3.05) is 13.2 Å². The number of aliphatic hydroxyl groups excluding tert-OH is 2. The highest BCUT2D eigenvalue weighted by molar-refractivity contribution is 5.20. The molecule has 2 atom stereocenters. The Balaban J connectivity index is 2.30. The second-order valence-corrected chi connectivity index (χ2v) is 5.48. The minimum atomic E-state index is -0.0866. The second-order valence-electron chi connectivity index (χ2n) is 5.48. The van der Waals surface area contributed by atoms with Gasteiger partial charge in [-0.1, -0.05) is 18.6 Å². The van der Waals surface area contributed by atoms with E-state index in [-0.39, 0.29) is 24.0 Å². The molecule has 1 fully saturated rings. The molecule has 2 unspecified atom stereocenters. The third-order valence-corrected chi connectivity index (χ3v) is 3.84. The maximum atomic E-state index is 9.51. The molecule has 2 N–H and O–H groups in total. The van der Waals surface area contributed by atoms with Crippen LogP contribution in [-0.2, 0) is 0 Å². The van der Waals surface area contributed by atoms with Crippen LogP contribution in [0.2, 0.25) is 0 Å². The van der Waals surface area contributed by atoms with E-state index in [9.17, 15) is 10.2 Å². The van der Waals surface area contributed by atoms with Crippen LogP contribution in [0.4, 0.5) is 0 Å². The van der Waals surface area contributed by atoms with Crippen molar-refractivity contribution >= 4 is 0 Å². The summed E-state index contributed by atoms with van der Waals surface area (Å²) >= 11 is 0. The highest BCUT2D eigenvalue weighted by atomic mass is 16.3. The first kappa shape index (κ1) is 10.2. The Hall–Kier alpha value is -0.340. The Bertz CT molecular complexity index is 259. The Morgan fingerprint density at radius 3 is 2.79 bits per heavy atom. The normalized spacial score (nSPS) is 42.1. The predicted molar refractivity (Wildman–Crippen MR) is 55.9 cm³/mol. The van der Waals surface area contributed by atoms with Gasteiger partial charge in [-0.3, -0.25) is 0 Å². The molecular weight excluding hydrogens is 176 g/mol. The van der Waals surface area contributed by atoms with Crippen molar-refractivity contribution in [3.05, 3.63) is 11.6 Å². The quantitative estimate of drug-likeness (QED) is 0.662. The largest absolute Gasteiger partial charge is 0.396 e. The third-order valence-electron chi connectivity index (χ3n) is 3.84. The van der Waals surface area contributed by atoms with Crippen molar-refractivity contribution in [2.24, 2.45) is 10.8 Å². The summed E-state index contributed by atoms with van der Waals surface area (Å²) in [5.41, 5.74) is 1.45. The Morgan fingerprint density at radius 1 is 1.36 bits per heavy atom. The average Bonchev–Trinajstić information content (AvgIpc) is 2.17. The molecule has 0 amide bonds. The number of aliphatic hydroxyl groups is 2. The molecule has 1 saturated carbocycles. The molecule has 0 spiro atoms. The molecule has 0 aromatic heterocycles. The standard InChI is InChI=1S/C12H20O2/c1-11(8-13)5-10-3-2-4-12(6-10,7-11)9-14/h5,13-14H,2-4,6-9H2,1H3. The Labute approximate surface area is 85.6 Å². The lowest BCUT2D eigenvalue weighted by Crippen LogP contribution is -2.40. The summed E-state index contributed by atoms with van der Waals surface area (Å²) in [5, 5.41) is 18.9. The molecule has 2 aliphatic rings. The van der Waals surface area contributed by atoms with Crippen LogP contribution in [0.3, 0.4) is 0 Å². The van der Waals surface area contributed by atoms with Crippen LogP contribution in [0.1, 0.15) is 39.0 Å². The van der Waals surface area contributed by atoms with Crippen LogP contribution in [0, 0.1) is 10.8 Å². The van der Waals surface area contributed by atoms with E-state index in [1.807, 2.05) is 0 Å². The van der Waals surface area contributed by atoms with Crippen molar-refractivity contribution in [2.45, 2.75) is 39.0 Å². The van der Waals surface area contributed by atoms with Crippen LogP contribution in [0.15, 0.2) is 11.6 Å². The van der Waals surface area contributed by atoms with E-state index in [2.05, 4.69) is 13.0 Å². The number of hydrogen-bond donors (Lipinski definition) is 2. The molecular formula is C12H20O2. The van der Waals surface area contributed by atoms with E-state index in [0.29, 0.717) is 0 Å². The zero-order valence-corrected chi connectivity index (χ0v) is 8.92. The van der Waals surface area contributed by atoms with Gasteiger partial charge in [0.1, 0.15) is 0 Å². The number of rotatable bonds is 2. The average molecular weight is 196 g/mol. The zero-order chi connectivity index (χ0) is 10.2. The Morgan fingerprint density at radius 2 is 2.14 bits per heavy atom.